The van der Waals surface area contributed by atoms with Gasteiger partial charge < -0.3 is 5.32 Å². The number of anilines is 1. The Hall–Kier alpha value is -0.820. The largest absolute Gasteiger partial charge is 0.369 e. The molecule has 0 radical (unpaired) electrons. The van der Waals surface area contributed by atoms with Gasteiger partial charge in [-0.3, -0.25) is 0 Å². The summed E-state index contributed by atoms with van der Waals surface area (Å²) in [5.41, 5.74) is 1.24. The highest BCUT2D eigenvalue weighted by Gasteiger charge is 2.29. The minimum atomic E-state index is 0.651. The van der Waals surface area contributed by atoms with E-state index in [0.29, 0.717) is 5.92 Å². The highest BCUT2D eigenvalue weighted by Crippen LogP contribution is 2.42. The van der Waals surface area contributed by atoms with Gasteiger partial charge in [0.25, 0.3) is 0 Å². The van der Waals surface area contributed by atoms with E-state index < -0.39 is 0 Å². The molecule has 1 fully saturated rings. The summed E-state index contributed by atoms with van der Waals surface area (Å²) in [6.07, 6.45) is 2.54. The number of hydrogen-bond acceptors (Lipinski definition) is 4. The van der Waals surface area contributed by atoms with Crippen LogP contribution in [0, 0.1) is 3.57 Å². The number of rotatable bonds is 6. The van der Waals surface area contributed by atoms with Crippen molar-refractivity contribution in [3.63, 3.8) is 0 Å². The number of hydrogen-bond donors (Lipinski definition) is 1. The molecule has 21 heavy (non-hydrogen) atoms. The number of nitrogens with one attached hydrogen (secondary N) is 1. The standard InChI is InChI=1S/C16H18IN3S/c1-2-18-16-14(17)15(11-8-9-11)19-13(20-16)10-21-12-6-4-3-5-7-12/h3-7,11H,2,8-10H2,1H3,(H,18,19,20). The molecule has 1 aromatic carbocycles. The van der Waals surface area contributed by atoms with E-state index in [1.165, 1.54) is 27.0 Å². The van der Waals surface area contributed by atoms with Crippen LogP contribution in [0.5, 0.6) is 0 Å². The summed E-state index contributed by atoms with van der Waals surface area (Å²) in [6.45, 7) is 3.00. The summed E-state index contributed by atoms with van der Waals surface area (Å²) >= 11 is 4.17. The van der Waals surface area contributed by atoms with Crippen LogP contribution in [0.15, 0.2) is 35.2 Å². The van der Waals surface area contributed by atoms with E-state index in [1.54, 1.807) is 11.8 Å². The first-order valence-electron chi connectivity index (χ1n) is 7.26. The van der Waals surface area contributed by atoms with Crippen LogP contribution in [0.3, 0.4) is 0 Å². The molecule has 3 rings (SSSR count). The fourth-order valence-corrected chi connectivity index (χ4v) is 3.80. The number of benzene rings is 1. The number of nitrogens with zero attached hydrogens (tertiary/aromatic N) is 2. The number of halogens is 1. The van der Waals surface area contributed by atoms with Crippen LogP contribution in [0.1, 0.15) is 37.2 Å². The molecule has 1 saturated carbocycles. The topological polar surface area (TPSA) is 37.8 Å². The Bertz CT molecular complexity index is 614. The molecule has 110 valence electrons. The zero-order chi connectivity index (χ0) is 14.7. The third kappa shape index (κ3) is 3.88. The lowest BCUT2D eigenvalue weighted by molar-refractivity contribution is 0.915. The smallest absolute Gasteiger partial charge is 0.143 e. The molecule has 1 heterocycles. The van der Waals surface area contributed by atoms with E-state index >= 15 is 0 Å². The van der Waals surface area contributed by atoms with Crippen molar-refractivity contribution in [1.29, 1.82) is 0 Å². The summed E-state index contributed by atoms with van der Waals surface area (Å²) in [6, 6.07) is 10.4. The fourth-order valence-electron chi connectivity index (χ4n) is 2.15. The summed E-state index contributed by atoms with van der Waals surface area (Å²) in [7, 11) is 0. The van der Waals surface area contributed by atoms with E-state index in [0.717, 1.165) is 23.9 Å². The normalized spacial score (nSPS) is 14.2. The molecule has 3 nitrogen and oxygen atoms in total. The van der Waals surface area contributed by atoms with Crippen LogP contribution in [0.25, 0.3) is 0 Å². The van der Waals surface area contributed by atoms with Crippen molar-refractivity contribution in [1.82, 2.24) is 9.97 Å². The molecule has 1 aliphatic rings. The van der Waals surface area contributed by atoms with E-state index in [-0.39, 0.29) is 0 Å². The lowest BCUT2D eigenvalue weighted by atomic mass is 10.2. The molecule has 0 saturated heterocycles. The lowest BCUT2D eigenvalue weighted by Gasteiger charge is -2.11. The third-order valence-corrected chi connectivity index (χ3v) is 5.41. The van der Waals surface area contributed by atoms with Gasteiger partial charge in [0.2, 0.25) is 0 Å². The average molecular weight is 411 g/mol. The second-order valence-electron chi connectivity index (χ2n) is 5.09. The van der Waals surface area contributed by atoms with E-state index in [4.69, 9.17) is 9.97 Å². The first-order valence-corrected chi connectivity index (χ1v) is 9.32. The van der Waals surface area contributed by atoms with Gasteiger partial charge in [0.05, 0.1) is 15.0 Å². The van der Waals surface area contributed by atoms with Gasteiger partial charge in [-0.25, -0.2) is 9.97 Å². The van der Waals surface area contributed by atoms with Crippen molar-refractivity contribution < 1.29 is 0 Å². The maximum atomic E-state index is 4.81. The average Bonchev–Trinajstić information content (AvgIpc) is 3.34. The molecule has 1 N–H and O–H groups in total. The maximum absolute atomic E-state index is 4.81. The van der Waals surface area contributed by atoms with Gasteiger partial charge in [-0.1, -0.05) is 18.2 Å². The van der Waals surface area contributed by atoms with Gasteiger partial charge in [-0.05, 0) is 54.5 Å². The van der Waals surface area contributed by atoms with Gasteiger partial charge >= 0.3 is 0 Å². The highest BCUT2D eigenvalue weighted by atomic mass is 127. The van der Waals surface area contributed by atoms with E-state index in [2.05, 4.69) is 59.1 Å². The first kappa shape index (κ1) is 15.1. The SMILES string of the molecule is CCNc1nc(CSc2ccccc2)nc(C2CC2)c1I. The predicted octanol–water partition coefficient (Wildman–Crippen LogP) is 4.68. The van der Waals surface area contributed by atoms with Crippen molar-refractivity contribution >= 4 is 40.2 Å². The zero-order valence-electron chi connectivity index (χ0n) is 12.0. The summed E-state index contributed by atoms with van der Waals surface area (Å²) in [4.78, 5) is 10.8. The predicted molar refractivity (Wildman–Crippen MR) is 96.9 cm³/mol. The quantitative estimate of drug-likeness (QED) is 0.553. The number of thioether (sulfide) groups is 1. The Morgan fingerprint density at radius 1 is 1.24 bits per heavy atom. The van der Waals surface area contributed by atoms with Crippen LogP contribution in [-0.2, 0) is 5.75 Å². The molecular formula is C16H18IN3S. The minimum absolute atomic E-state index is 0.651. The molecule has 0 unspecified atom stereocenters. The Kier molecular flexibility index (Phi) is 5.00. The van der Waals surface area contributed by atoms with Crippen molar-refractivity contribution in [2.75, 3.05) is 11.9 Å². The van der Waals surface area contributed by atoms with Crippen molar-refractivity contribution in [2.24, 2.45) is 0 Å². The van der Waals surface area contributed by atoms with Crippen LogP contribution >= 0.6 is 34.4 Å². The van der Waals surface area contributed by atoms with Crippen LogP contribution in [-0.4, -0.2) is 16.5 Å². The maximum Gasteiger partial charge on any atom is 0.143 e. The summed E-state index contributed by atoms with van der Waals surface area (Å²) < 4.78 is 1.20. The zero-order valence-corrected chi connectivity index (χ0v) is 14.9. The monoisotopic (exact) mass is 411 g/mol. The van der Waals surface area contributed by atoms with Crippen molar-refractivity contribution in [2.45, 2.75) is 36.3 Å². The molecular weight excluding hydrogens is 393 g/mol. The second kappa shape index (κ2) is 6.96. The summed E-state index contributed by atoms with van der Waals surface area (Å²) in [5.74, 6) is 3.40. The van der Waals surface area contributed by atoms with Gasteiger partial charge in [0.15, 0.2) is 0 Å². The Balaban J connectivity index is 1.80. The van der Waals surface area contributed by atoms with Crippen LogP contribution < -0.4 is 5.32 Å². The minimum Gasteiger partial charge on any atom is -0.369 e. The molecule has 0 aliphatic heterocycles. The molecule has 1 aliphatic carbocycles. The van der Waals surface area contributed by atoms with Crippen LogP contribution in [0.4, 0.5) is 5.82 Å². The Labute approximate surface area is 143 Å². The van der Waals surface area contributed by atoms with Crippen LogP contribution in [0.2, 0.25) is 0 Å². The molecule has 2 aromatic rings. The second-order valence-corrected chi connectivity index (χ2v) is 7.22. The van der Waals surface area contributed by atoms with Gasteiger partial charge in [0, 0.05) is 17.4 Å². The van der Waals surface area contributed by atoms with E-state index in [9.17, 15) is 0 Å². The lowest BCUT2D eigenvalue weighted by Crippen LogP contribution is -2.09. The molecule has 0 atom stereocenters. The van der Waals surface area contributed by atoms with Gasteiger partial charge in [-0.15, -0.1) is 11.8 Å². The third-order valence-electron chi connectivity index (χ3n) is 3.34. The van der Waals surface area contributed by atoms with Gasteiger partial charge in [0.1, 0.15) is 11.6 Å². The van der Waals surface area contributed by atoms with Crippen molar-refractivity contribution in [3.8, 4) is 0 Å². The summed E-state index contributed by atoms with van der Waals surface area (Å²) in [5, 5.41) is 3.37. The molecule has 0 amide bonds. The molecule has 0 bridgehead atoms. The van der Waals surface area contributed by atoms with Gasteiger partial charge in [-0.2, -0.15) is 0 Å². The Morgan fingerprint density at radius 2 is 2.00 bits per heavy atom. The number of aromatic nitrogens is 2. The molecule has 0 spiro atoms. The highest BCUT2D eigenvalue weighted by molar-refractivity contribution is 14.1. The van der Waals surface area contributed by atoms with Crippen molar-refractivity contribution in [3.05, 3.63) is 45.4 Å². The van der Waals surface area contributed by atoms with E-state index in [1.807, 2.05) is 6.07 Å². The molecule has 5 heteroatoms. The Morgan fingerprint density at radius 3 is 2.67 bits per heavy atom. The fraction of sp³-hybridized carbons (Fsp3) is 0.375. The first-order chi connectivity index (χ1) is 10.3. The molecule has 1 aromatic heterocycles.